The van der Waals surface area contributed by atoms with Crippen LogP contribution in [0.2, 0.25) is 0 Å². The smallest absolute Gasteiger partial charge is 0.326 e. The summed E-state index contributed by atoms with van der Waals surface area (Å²) in [4.78, 5) is 53.7. The first-order chi connectivity index (χ1) is 17.6. The molecule has 11 nitrogen and oxygen atoms in total. The molecular weight excluding hydrogens is 498 g/mol. The molecule has 3 amide bonds. The zero-order chi connectivity index (χ0) is 27.5. The molecule has 0 aliphatic carbocycles. The van der Waals surface area contributed by atoms with Gasteiger partial charge in [0.25, 0.3) is 0 Å². The number of hydrogen-bond donors (Lipinski definition) is 7. The van der Waals surface area contributed by atoms with Crippen LogP contribution >= 0.6 is 11.8 Å². The molecule has 1 aromatic heterocycles. The molecule has 0 bridgehead atoms. The van der Waals surface area contributed by atoms with E-state index in [1.54, 1.807) is 6.20 Å². The van der Waals surface area contributed by atoms with Crippen molar-refractivity contribution in [3.05, 3.63) is 36.0 Å². The molecule has 4 atom stereocenters. The number of nitrogens with two attached hydrogens (primary N) is 1. The molecule has 1 heterocycles. The molecule has 0 radical (unpaired) electrons. The molecule has 8 N–H and O–H groups in total. The van der Waals surface area contributed by atoms with Gasteiger partial charge in [0.05, 0.1) is 6.61 Å². The van der Waals surface area contributed by atoms with Gasteiger partial charge in [0.1, 0.15) is 24.2 Å². The van der Waals surface area contributed by atoms with Crippen LogP contribution in [-0.4, -0.2) is 81.7 Å². The molecule has 0 aliphatic rings. The maximum Gasteiger partial charge on any atom is 0.326 e. The van der Waals surface area contributed by atoms with Crippen molar-refractivity contribution in [3.8, 4) is 0 Å². The molecule has 1 aromatic carbocycles. The molecular formula is C25H37N5O6S. The Kier molecular flexibility index (Phi) is 11.9. The summed E-state index contributed by atoms with van der Waals surface area (Å²) in [6, 6.07) is 3.06. The standard InChI is InChI=1S/C25H37N5O6S/c1-14(2)10-20(23(33)28-19(25(35)36)8-9-37-3)30-24(34)21(29-22(32)17(26)13-31)11-15-12-27-18-7-5-4-6-16(15)18/h4-7,12,14,17,19-21,27,31H,8-11,13,26H2,1-3H3,(H,28,33)(H,29,32)(H,30,34)(H,35,36). The average molecular weight is 536 g/mol. The van der Waals surface area contributed by atoms with Crippen molar-refractivity contribution in [2.45, 2.75) is 57.3 Å². The van der Waals surface area contributed by atoms with E-state index in [2.05, 4.69) is 20.9 Å². The Morgan fingerprint density at radius 3 is 2.24 bits per heavy atom. The lowest BCUT2D eigenvalue weighted by Gasteiger charge is -2.26. The number of fused-ring (bicyclic) bond motifs is 1. The lowest BCUT2D eigenvalue weighted by Crippen LogP contribution is -2.58. The quantitative estimate of drug-likeness (QED) is 0.170. The number of thioether (sulfide) groups is 1. The van der Waals surface area contributed by atoms with Gasteiger partial charge in [0.2, 0.25) is 17.7 Å². The number of carboxylic acids is 1. The van der Waals surface area contributed by atoms with Gasteiger partial charge in [-0.2, -0.15) is 11.8 Å². The molecule has 12 heteroatoms. The highest BCUT2D eigenvalue weighted by molar-refractivity contribution is 7.98. The number of amides is 3. The minimum Gasteiger partial charge on any atom is -0.480 e. The molecule has 0 spiro atoms. The number of rotatable bonds is 15. The fraction of sp³-hybridized carbons (Fsp3) is 0.520. The zero-order valence-electron chi connectivity index (χ0n) is 21.3. The molecule has 37 heavy (non-hydrogen) atoms. The van der Waals surface area contributed by atoms with Crippen LogP contribution in [0.1, 0.15) is 32.3 Å². The summed E-state index contributed by atoms with van der Waals surface area (Å²) in [6.45, 7) is 3.15. The Hall–Kier alpha value is -3.09. The van der Waals surface area contributed by atoms with Crippen LogP contribution in [-0.2, 0) is 25.6 Å². The van der Waals surface area contributed by atoms with Crippen molar-refractivity contribution in [2.24, 2.45) is 11.7 Å². The van der Waals surface area contributed by atoms with Crippen LogP contribution in [0.15, 0.2) is 30.5 Å². The summed E-state index contributed by atoms with van der Waals surface area (Å²) in [5, 5.41) is 27.4. The first-order valence-electron chi connectivity index (χ1n) is 12.1. The van der Waals surface area contributed by atoms with Crippen LogP contribution in [0.4, 0.5) is 0 Å². The summed E-state index contributed by atoms with van der Waals surface area (Å²) in [5.41, 5.74) is 7.27. The van der Waals surface area contributed by atoms with E-state index in [1.807, 2.05) is 44.4 Å². The molecule has 2 aromatic rings. The van der Waals surface area contributed by atoms with E-state index < -0.39 is 54.5 Å². The Morgan fingerprint density at radius 2 is 1.62 bits per heavy atom. The molecule has 204 valence electrons. The number of aliphatic hydroxyl groups excluding tert-OH is 1. The number of carboxylic acid groups (broad SMARTS) is 1. The summed E-state index contributed by atoms with van der Waals surface area (Å²) < 4.78 is 0. The Bertz CT molecular complexity index is 1070. The van der Waals surface area contributed by atoms with Gasteiger partial charge in [-0.1, -0.05) is 32.0 Å². The third-order valence-corrected chi connectivity index (χ3v) is 6.47. The third-order valence-electron chi connectivity index (χ3n) is 5.83. The van der Waals surface area contributed by atoms with Gasteiger partial charge in [-0.25, -0.2) is 4.79 Å². The first-order valence-corrected chi connectivity index (χ1v) is 13.5. The number of aromatic amines is 1. The Balaban J connectivity index is 2.27. The lowest BCUT2D eigenvalue weighted by atomic mass is 10.00. The summed E-state index contributed by atoms with van der Waals surface area (Å²) in [5.74, 6) is -2.55. The van der Waals surface area contributed by atoms with Crippen LogP contribution in [0, 0.1) is 5.92 Å². The Morgan fingerprint density at radius 1 is 1.00 bits per heavy atom. The second kappa shape index (κ2) is 14.6. The summed E-state index contributed by atoms with van der Waals surface area (Å²) in [6.07, 6.45) is 4.18. The normalized spacial score (nSPS) is 14.5. The number of H-pyrrole nitrogens is 1. The van der Waals surface area contributed by atoms with Crippen molar-refractivity contribution in [3.63, 3.8) is 0 Å². The van der Waals surface area contributed by atoms with Gasteiger partial charge < -0.3 is 36.9 Å². The monoisotopic (exact) mass is 535 g/mol. The fourth-order valence-corrected chi connectivity index (χ4v) is 4.30. The maximum absolute atomic E-state index is 13.4. The second-order valence-corrected chi connectivity index (χ2v) is 10.3. The predicted molar refractivity (Wildman–Crippen MR) is 143 cm³/mol. The number of aliphatic carboxylic acids is 1. The van der Waals surface area contributed by atoms with Gasteiger partial charge >= 0.3 is 5.97 Å². The van der Waals surface area contributed by atoms with Crippen LogP contribution in [0.5, 0.6) is 0 Å². The van der Waals surface area contributed by atoms with Crippen LogP contribution < -0.4 is 21.7 Å². The van der Waals surface area contributed by atoms with Gasteiger partial charge in [0, 0.05) is 23.5 Å². The number of aromatic nitrogens is 1. The minimum absolute atomic E-state index is 0.00925. The number of para-hydroxylation sites is 1. The molecule has 0 saturated carbocycles. The van der Waals surface area contributed by atoms with Gasteiger partial charge in [-0.3, -0.25) is 14.4 Å². The van der Waals surface area contributed by atoms with Crippen LogP contribution in [0.25, 0.3) is 10.9 Å². The number of carbonyl (C=O) groups excluding carboxylic acids is 3. The predicted octanol–water partition coefficient (Wildman–Crippen LogP) is 0.368. The van der Waals surface area contributed by atoms with E-state index in [0.717, 1.165) is 16.5 Å². The Labute approximate surface area is 220 Å². The van der Waals surface area contributed by atoms with Crippen molar-refractivity contribution in [2.75, 3.05) is 18.6 Å². The minimum atomic E-state index is -1.22. The van der Waals surface area contributed by atoms with E-state index in [4.69, 9.17) is 5.73 Å². The van der Waals surface area contributed by atoms with Gasteiger partial charge in [-0.15, -0.1) is 0 Å². The number of benzene rings is 1. The highest BCUT2D eigenvalue weighted by Gasteiger charge is 2.31. The lowest BCUT2D eigenvalue weighted by molar-refractivity contribution is -0.142. The molecule has 0 saturated heterocycles. The van der Waals surface area contributed by atoms with E-state index in [0.29, 0.717) is 5.75 Å². The molecule has 0 fully saturated rings. The third kappa shape index (κ3) is 9.06. The summed E-state index contributed by atoms with van der Waals surface area (Å²) >= 11 is 1.46. The molecule has 4 unspecified atom stereocenters. The summed E-state index contributed by atoms with van der Waals surface area (Å²) in [7, 11) is 0. The maximum atomic E-state index is 13.4. The first kappa shape index (κ1) is 30.1. The number of carbonyl (C=O) groups is 4. The molecule has 0 aliphatic heterocycles. The number of hydrogen-bond acceptors (Lipinski definition) is 7. The largest absolute Gasteiger partial charge is 0.480 e. The topological polar surface area (TPSA) is 187 Å². The van der Waals surface area contributed by atoms with E-state index in [9.17, 15) is 29.4 Å². The van der Waals surface area contributed by atoms with E-state index in [1.165, 1.54) is 11.8 Å². The van der Waals surface area contributed by atoms with E-state index >= 15 is 0 Å². The number of nitrogens with one attached hydrogen (secondary N) is 4. The fourth-order valence-electron chi connectivity index (χ4n) is 3.83. The average Bonchev–Trinajstić information content (AvgIpc) is 3.27. The van der Waals surface area contributed by atoms with Gasteiger partial charge in [0.15, 0.2) is 0 Å². The van der Waals surface area contributed by atoms with E-state index in [-0.39, 0.29) is 25.2 Å². The van der Waals surface area contributed by atoms with Gasteiger partial charge in [-0.05, 0) is 42.4 Å². The highest BCUT2D eigenvalue weighted by Crippen LogP contribution is 2.19. The molecule has 2 rings (SSSR count). The van der Waals surface area contributed by atoms with Crippen molar-refractivity contribution in [1.29, 1.82) is 0 Å². The van der Waals surface area contributed by atoms with Crippen LogP contribution in [0.3, 0.4) is 0 Å². The number of aliphatic hydroxyl groups is 1. The van der Waals surface area contributed by atoms with Crippen molar-refractivity contribution in [1.82, 2.24) is 20.9 Å². The highest BCUT2D eigenvalue weighted by atomic mass is 32.2. The second-order valence-electron chi connectivity index (χ2n) is 9.29. The zero-order valence-corrected chi connectivity index (χ0v) is 22.1. The van der Waals surface area contributed by atoms with Crippen molar-refractivity contribution >= 4 is 46.4 Å². The van der Waals surface area contributed by atoms with Crippen molar-refractivity contribution < 1.29 is 29.4 Å². The SMILES string of the molecule is CSCCC(NC(=O)C(CC(C)C)NC(=O)C(Cc1c[nH]c2ccccc12)NC(=O)C(N)CO)C(=O)O.